The molecule has 0 saturated carbocycles. The molecular weight excluding hydrogens is 166 g/mol. The molecule has 0 unspecified atom stereocenters. The molecule has 1 heterocycles. The third-order valence-corrected chi connectivity index (χ3v) is 0.867. The predicted molar refractivity (Wildman–Crippen MR) is 35.6 cm³/mol. The van der Waals surface area contributed by atoms with Gasteiger partial charge in [0.2, 0.25) is 5.95 Å². The molecule has 1 aromatic heterocycles. The van der Waals surface area contributed by atoms with Crippen molar-refractivity contribution in [3.05, 3.63) is 0 Å². The molecule has 0 saturated heterocycles. The summed E-state index contributed by atoms with van der Waals surface area (Å²) in [5.74, 6) is -2.49. The molecule has 0 atom stereocenters. The van der Waals surface area contributed by atoms with E-state index in [-0.39, 0.29) is 12.0 Å². The zero-order valence-corrected chi connectivity index (χ0v) is 5.77. The van der Waals surface area contributed by atoms with Crippen molar-refractivity contribution in [1.82, 2.24) is 15.2 Å². The van der Waals surface area contributed by atoms with Gasteiger partial charge in [-0.3, -0.25) is 4.79 Å². The minimum Gasteiger partial charge on any atom is -0.382 e. The summed E-state index contributed by atoms with van der Waals surface area (Å²) in [6, 6.07) is -0.337. The van der Waals surface area contributed by atoms with E-state index in [1.165, 1.54) is 0 Å². The molecular formula is C4H5N5O3. The maximum Gasteiger partial charge on any atom is 0.404 e. The largest absolute Gasteiger partial charge is 0.404 e. The summed E-state index contributed by atoms with van der Waals surface area (Å²) in [6.45, 7) is 0. The van der Waals surface area contributed by atoms with E-state index in [0.29, 0.717) is 0 Å². The number of esters is 1. The van der Waals surface area contributed by atoms with Gasteiger partial charge in [-0.1, -0.05) is 0 Å². The molecule has 0 radical (unpaired) electrons. The number of aromatic amines is 1. The van der Waals surface area contributed by atoms with Crippen LogP contribution in [-0.4, -0.2) is 27.1 Å². The van der Waals surface area contributed by atoms with E-state index in [4.69, 9.17) is 5.73 Å². The SMILES string of the molecule is NC(=O)C(=O)Oc1n[nH]c(N)n1. The number of nitrogens with zero attached hydrogens (tertiary/aromatic N) is 2. The van der Waals surface area contributed by atoms with Crippen molar-refractivity contribution in [3.63, 3.8) is 0 Å². The van der Waals surface area contributed by atoms with Crippen LogP contribution in [0, 0.1) is 0 Å². The Labute approximate surface area is 65.9 Å². The first-order chi connectivity index (χ1) is 5.59. The average Bonchev–Trinajstić information content (AvgIpc) is 2.35. The Balaban J connectivity index is 2.64. The van der Waals surface area contributed by atoms with E-state index in [1.54, 1.807) is 0 Å². The number of carbonyl (C=O) groups excluding carboxylic acids is 2. The van der Waals surface area contributed by atoms with E-state index in [0.717, 1.165) is 0 Å². The summed E-state index contributed by atoms with van der Waals surface area (Å²) in [7, 11) is 0. The first-order valence-electron chi connectivity index (χ1n) is 2.79. The maximum atomic E-state index is 10.5. The molecule has 1 rings (SSSR count). The lowest BCUT2D eigenvalue weighted by Crippen LogP contribution is -2.28. The molecule has 0 bridgehead atoms. The summed E-state index contributed by atoms with van der Waals surface area (Å²) in [4.78, 5) is 24.0. The molecule has 0 fully saturated rings. The quantitative estimate of drug-likeness (QED) is 0.323. The highest BCUT2D eigenvalue weighted by Crippen LogP contribution is 2.01. The van der Waals surface area contributed by atoms with E-state index < -0.39 is 11.9 Å². The summed E-state index contributed by atoms with van der Waals surface area (Å²) in [6.07, 6.45) is 0. The van der Waals surface area contributed by atoms with Crippen LogP contribution in [0.15, 0.2) is 0 Å². The lowest BCUT2D eigenvalue weighted by molar-refractivity contribution is -0.146. The van der Waals surface area contributed by atoms with Crippen LogP contribution in [0.5, 0.6) is 6.01 Å². The third-order valence-electron chi connectivity index (χ3n) is 0.867. The van der Waals surface area contributed by atoms with E-state index in [2.05, 4.69) is 25.7 Å². The first-order valence-corrected chi connectivity index (χ1v) is 2.79. The first kappa shape index (κ1) is 7.98. The molecule has 0 aliphatic heterocycles. The number of ether oxygens (including phenoxy) is 1. The van der Waals surface area contributed by atoms with Crippen molar-refractivity contribution < 1.29 is 14.3 Å². The van der Waals surface area contributed by atoms with Gasteiger partial charge in [-0.15, -0.1) is 5.10 Å². The smallest absolute Gasteiger partial charge is 0.382 e. The number of anilines is 1. The Bertz CT molecular complexity index is 318. The molecule has 8 heteroatoms. The van der Waals surface area contributed by atoms with Crippen LogP contribution < -0.4 is 16.2 Å². The number of nitrogens with one attached hydrogen (secondary N) is 1. The molecule has 0 spiro atoms. The van der Waals surface area contributed by atoms with Crippen molar-refractivity contribution in [2.75, 3.05) is 5.73 Å². The highest BCUT2D eigenvalue weighted by Gasteiger charge is 2.14. The van der Waals surface area contributed by atoms with Gasteiger partial charge in [0.15, 0.2) is 0 Å². The summed E-state index contributed by atoms with van der Waals surface area (Å²) >= 11 is 0. The molecule has 8 nitrogen and oxygen atoms in total. The standard InChI is InChI=1S/C4H5N5O3/c5-1(10)2(11)12-4-7-3(6)8-9-4/h(H2,5,10)(H3,6,7,8,9). The van der Waals surface area contributed by atoms with E-state index in [9.17, 15) is 9.59 Å². The third kappa shape index (κ3) is 1.68. The second kappa shape index (κ2) is 2.86. The highest BCUT2D eigenvalue weighted by molar-refractivity contribution is 6.32. The van der Waals surface area contributed by atoms with E-state index in [1.807, 2.05) is 0 Å². The number of nitrogen functional groups attached to an aromatic ring is 1. The molecule has 5 N–H and O–H groups in total. The summed E-state index contributed by atoms with van der Waals surface area (Å²) < 4.78 is 4.25. The minimum atomic E-state index is -1.24. The van der Waals surface area contributed by atoms with Crippen molar-refractivity contribution in [1.29, 1.82) is 0 Å². The van der Waals surface area contributed by atoms with Crippen LogP contribution in [-0.2, 0) is 9.59 Å². The van der Waals surface area contributed by atoms with Crippen molar-refractivity contribution in [3.8, 4) is 6.01 Å². The van der Waals surface area contributed by atoms with E-state index >= 15 is 0 Å². The van der Waals surface area contributed by atoms with Crippen molar-refractivity contribution in [2.24, 2.45) is 5.73 Å². The molecule has 0 aliphatic rings. The Hall–Kier alpha value is -2.12. The minimum absolute atomic E-state index is 0.0257. The average molecular weight is 171 g/mol. The van der Waals surface area contributed by atoms with Gasteiger partial charge in [0.25, 0.3) is 0 Å². The van der Waals surface area contributed by atoms with Crippen LogP contribution in [0.3, 0.4) is 0 Å². The number of aromatic nitrogens is 3. The highest BCUT2D eigenvalue weighted by atomic mass is 16.6. The van der Waals surface area contributed by atoms with Gasteiger partial charge in [-0.25, -0.2) is 9.89 Å². The molecule has 0 aliphatic carbocycles. The number of rotatable bonds is 1. The molecule has 64 valence electrons. The fourth-order valence-electron chi connectivity index (χ4n) is 0.437. The lowest BCUT2D eigenvalue weighted by Gasteiger charge is -1.91. The maximum absolute atomic E-state index is 10.5. The van der Waals surface area contributed by atoms with Crippen LogP contribution in [0.2, 0.25) is 0 Å². The number of hydrogen-bond acceptors (Lipinski definition) is 6. The van der Waals surface area contributed by atoms with Crippen molar-refractivity contribution >= 4 is 17.8 Å². The summed E-state index contributed by atoms with van der Waals surface area (Å²) in [5.41, 5.74) is 9.67. The monoisotopic (exact) mass is 171 g/mol. The van der Waals surface area contributed by atoms with Gasteiger partial charge in [-0.2, -0.15) is 4.98 Å². The second-order valence-electron chi connectivity index (χ2n) is 1.76. The number of H-pyrrole nitrogens is 1. The molecule has 0 aromatic carbocycles. The number of nitrogens with two attached hydrogens (primary N) is 2. The Kier molecular flexibility index (Phi) is 1.90. The van der Waals surface area contributed by atoms with Gasteiger partial charge < -0.3 is 16.2 Å². The Morgan fingerprint density at radius 1 is 1.50 bits per heavy atom. The fourth-order valence-corrected chi connectivity index (χ4v) is 0.437. The van der Waals surface area contributed by atoms with Crippen molar-refractivity contribution in [2.45, 2.75) is 0 Å². The number of carbonyl (C=O) groups is 2. The zero-order chi connectivity index (χ0) is 9.14. The van der Waals surface area contributed by atoms with Crippen LogP contribution >= 0.6 is 0 Å². The number of amides is 1. The summed E-state index contributed by atoms with van der Waals surface area (Å²) in [5, 5.41) is 5.53. The van der Waals surface area contributed by atoms with Gasteiger partial charge in [0.05, 0.1) is 0 Å². The second-order valence-corrected chi connectivity index (χ2v) is 1.76. The number of primary amides is 1. The fraction of sp³-hybridized carbons (Fsp3) is 0. The molecule has 1 amide bonds. The van der Waals surface area contributed by atoms with Gasteiger partial charge in [0.1, 0.15) is 0 Å². The lowest BCUT2D eigenvalue weighted by atomic mass is 10.7. The van der Waals surface area contributed by atoms with Gasteiger partial charge in [0, 0.05) is 0 Å². The Morgan fingerprint density at radius 2 is 2.17 bits per heavy atom. The normalized spacial score (nSPS) is 9.33. The molecule has 12 heavy (non-hydrogen) atoms. The molecule has 1 aromatic rings. The number of hydrogen-bond donors (Lipinski definition) is 3. The van der Waals surface area contributed by atoms with Crippen LogP contribution in [0.25, 0.3) is 0 Å². The Morgan fingerprint density at radius 3 is 2.58 bits per heavy atom. The van der Waals surface area contributed by atoms with Gasteiger partial charge in [-0.05, 0) is 0 Å². The van der Waals surface area contributed by atoms with Crippen LogP contribution in [0.1, 0.15) is 0 Å². The van der Waals surface area contributed by atoms with Gasteiger partial charge >= 0.3 is 17.9 Å². The van der Waals surface area contributed by atoms with Crippen LogP contribution in [0.4, 0.5) is 5.95 Å². The topological polar surface area (TPSA) is 137 Å². The zero-order valence-electron chi connectivity index (χ0n) is 5.77. The predicted octanol–water partition coefficient (Wildman–Crippen LogP) is -2.22.